The third-order valence-corrected chi connectivity index (χ3v) is 13.4. The zero-order valence-corrected chi connectivity index (χ0v) is 34.6. The van der Waals surface area contributed by atoms with Crippen LogP contribution < -0.4 is 0 Å². The lowest BCUT2D eigenvalue weighted by Gasteiger charge is -2.29. The second-order valence-electron chi connectivity index (χ2n) is 16.3. The van der Waals surface area contributed by atoms with Crippen LogP contribution in [-0.2, 0) is 5.41 Å². The molecule has 2 aliphatic rings. The first-order valence-corrected chi connectivity index (χ1v) is 20.6. The maximum atomic E-state index is 4.59. The molecule has 0 aromatic heterocycles. The van der Waals surface area contributed by atoms with Crippen LogP contribution in [0.25, 0.3) is 49.4 Å². The molecule has 0 radical (unpaired) electrons. The van der Waals surface area contributed by atoms with Crippen molar-refractivity contribution in [1.82, 2.24) is 0 Å². The van der Waals surface area contributed by atoms with Crippen molar-refractivity contribution in [2.45, 2.75) is 53.4 Å². The van der Waals surface area contributed by atoms with E-state index in [1.54, 1.807) is 0 Å². The van der Waals surface area contributed by atoms with E-state index in [1.807, 2.05) is 0 Å². The highest BCUT2D eigenvalue weighted by molar-refractivity contribution is 6.22. The van der Waals surface area contributed by atoms with Crippen molar-refractivity contribution < 1.29 is 0 Å². The Labute approximate surface area is 344 Å². The highest BCUT2D eigenvalue weighted by atomic mass is 14.3. The van der Waals surface area contributed by atoms with Crippen LogP contribution >= 0.6 is 0 Å². The molecule has 0 amide bonds. The van der Waals surface area contributed by atoms with Gasteiger partial charge in [0.15, 0.2) is 0 Å². The minimum absolute atomic E-state index is 0.444. The van der Waals surface area contributed by atoms with Crippen molar-refractivity contribution in [3.63, 3.8) is 0 Å². The summed E-state index contributed by atoms with van der Waals surface area (Å²) in [4.78, 5) is 0. The maximum absolute atomic E-state index is 4.59. The summed E-state index contributed by atoms with van der Waals surface area (Å²) >= 11 is 0. The molecule has 0 spiro atoms. The predicted molar refractivity (Wildman–Crippen MR) is 250 cm³/mol. The van der Waals surface area contributed by atoms with E-state index < -0.39 is 5.41 Å². The lowest BCUT2D eigenvalue weighted by Crippen LogP contribution is -2.22. The number of allylic oxidation sites excluding steroid dienone is 11. The summed E-state index contributed by atoms with van der Waals surface area (Å²) < 4.78 is 0. The molecule has 0 saturated carbocycles. The monoisotopic (exact) mass is 746 g/mol. The Morgan fingerprint density at radius 1 is 0.431 bits per heavy atom. The average Bonchev–Trinajstić information content (AvgIpc) is 3.52. The molecule has 58 heavy (non-hydrogen) atoms. The van der Waals surface area contributed by atoms with Crippen LogP contribution in [0.5, 0.6) is 0 Å². The largest absolute Gasteiger partial charge is 0.0912 e. The SMILES string of the molecule is C=C1C(C)=C2C/C1=C/C=C\C(c1ccccc1)(c1ccccc1)C=C/C=C\2c1ccc(-c2c3ccccc3c(-c3c(C)c(C)c(C)c(C)c3C)c3ccccc23)cc1. The van der Waals surface area contributed by atoms with Crippen LogP contribution in [-0.4, -0.2) is 0 Å². The average molecular weight is 747 g/mol. The molecule has 7 aromatic rings. The van der Waals surface area contributed by atoms with E-state index in [2.05, 4.69) is 218 Å². The van der Waals surface area contributed by atoms with Gasteiger partial charge in [0, 0.05) is 0 Å². The highest BCUT2D eigenvalue weighted by Gasteiger charge is 2.30. The third kappa shape index (κ3) is 5.98. The van der Waals surface area contributed by atoms with E-state index in [1.165, 1.54) is 111 Å². The van der Waals surface area contributed by atoms with Gasteiger partial charge in [-0.3, -0.25) is 0 Å². The van der Waals surface area contributed by atoms with Gasteiger partial charge < -0.3 is 0 Å². The molecule has 282 valence electrons. The van der Waals surface area contributed by atoms with Gasteiger partial charge in [0.1, 0.15) is 0 Å². The first-order valence-electron chi connectivity index (χ1n) is 20.6. The van der Waals surface area contributed by atoms with Gasteiger partial charge in [0.25, 0.3) is 0 Å². The number of rotatable bonds is 5. The number of benzene rings is 7. The fourth-order valence-corrected chi connectivity index (χ4v) is 9.73. The van der Waals surface area contributed by atoms with E-state index in [-0.39, 0.29) is 0 Å². The first-order chi connectivity index (χ1) is 28.2. The summed E-state index contributed by atoms with van der Waals surface area (Å²) in [5.41, 5.74) is 21.6. The predicted octanol–water partition coefficient (Wildman–Crippen LogP) is 15.6. The summed E-state index contributed by atoms with van der Waals surface area (Å²) in [6.45, 7) is 18.3. The molecular weight excluding hydrogens is 697 g/mol. The molecule has 0 heteroatoms. The highest BCUT2D eigenvalue weighted by Crippen LogP contribution is 2.48. The molecular formula is C58H50. The number of hydrogen-bond donors (Lipinski definition) is 0. The van der Waals surface area contributed by atoms with E-state index >= 15 is 0 Å². The molecule has 9 rings (SSSR count). The molecule has 0 atom stereocenters. The van der Waals surface area contributed by atoms with Crippen LogP contribution in [0.2, 0.25) is 0 Å². The Bertz CT molecular complexity index is 2810. The minimum Gasteiger partial charge on any atom is -0.0912 e. The molecule has 0 nitrogen and oxygen atoms in total. The van der Waals surface area contributed by atoms with Crippen LogP contribution in [0.1, 0.15) is 57.9 Å². The van der Waals surface area contributed by atoms with Gasteiger partial charge in [-0.15, -0.1) is 0 Å². The molecule has 2 bridgehead atoms. The normalized spacial score (nSPS) is 17.5. The molecule has 0 unspecified atom stereocenters. The van der Waals surface area contributed by atoms with Gasteiger partial charge in [-0.25, -0.2) is 0 Å². The van der Waals surface area contributed by atoms with E-state index in [0.29, 0.717) is 0 Å². The lowest BCUT2D eigenvalue weighted by molar-refractivity contribution is 0.815. The van der Waals surface area contributed by atoms with Crippen molar-refractivity contribution in [3.8, 4) is 22.3 Å². The molecule has 0 saturated heterocycles. The second-order valence-corrected chi connectivity index (χ2v) is 16.3. The fourth-order valence-electron chi connectivity index (χ4n) is 9.73. The zero-order chi connectivity index (χ0) is 40.1. The Morgan fingerprint density at radius 2 is 0.862 bits per heavy atom. The Balaban J connectivity index is 1.22. The van der Waals surface area contributed by atoms with Gasteiger partial charge in [0.05, 0.1) is 5.41 Å². The standard InChI is InChI=1S/C58H50/c1-37-38(2)42(6)55(43(7)39(37)3)57-52-27-16-14-25-50(52)56(51-26-15-17-28-53(51)57)45-32-30-44(31-33-45)49-29-19-35-58(47-21-10-8-11-22-47,48-23-12-9-13-24-48)34-18-20-46-36-54(49)41(5)40(46)4/h8-35H,4,36H2,1-3,5-7H3/b34-18-,35-19?,46-20-,49-29-. The van der Waals surface area contributed by atoms with E-state index in [9.17, 15) is 0 Å². The van der Waals surface area contributed by atoms with Gasteiger partial charge >= 0.3 is 0 Å². The number of hydrogen-bond acceptors (Lipinski definition) is 0. The fraction of sp³-hybridized carbons (Fsp3) is 0.138. The Hall–Kier alpha value is -6.50. The molecule has 2 aliphatic carbocycles. The van der Waals surface area contributed by atoms with Crippen molar-refractivity contribution in [2.75, 3.05) is 0 Å². The van der Waals surface area contributed by atoms with Crippen molar-refractivity contribution in [3.05, 3.63) is 243 Å². The molecule has 0 fully saturated rings. The van der Waals surface area contributed by atoms with Crippen molar-refractivity contribution in [2.24, 2.45) is 0 Å². The van der Waals surface area contributed by atoms with Crippen LogP contribution in [0.15, 0.2) is 199 Å². The Kier molecular flexibility index (Phi) is 9.45. The van der Waals surface area contributed by atoms with Crippen molar-refractivity contribution >= 4 is 27.1 Å². The smallest absolute Gasteiger partial charge is 0.0568 e. The quantitative estimate of drug-likeness (QED) is 0.154. The summed E-state index contributed by atoms with van der Waals surface area (Å²) in [5, 5.41) is 5.15. The summed E-state index contributed by atoms with van der Waals surface area (Å²) in [6.07, 6.45) is 14.7. The zero-order valence-electron chi connectivity index (χ0n) is 34.6. The van der Waals surface area contributed by atoms with Crippen molar-refractivity contribution in [1.29, 1.82) is 0 Å². The first kappa shape index (κ1) is 37.1. The van der Waals surface area contributed by atoms with Crippen LogP contribution in [0, 0.1) is 34.6 Å². The third-order valence-electron chi connectivity index (χ3n) is 13.4. The molecule has 7 aromatic carbocycles. The van der Waals surface area contributed by atoms with Gasteiger partial charge in [-0.05, 0) is 164 Å². The topological polar surface area (TPSA) is 0 Å². The minimum atomic E-state index is -0.444. The maximum Gasteiger partial charge on any atom is 0.0568 e. The summed E-state index contributed by atoms with van der Waals surface area (Å²) in [6, 6.07) is 49.1. The summed E-state index contributed by atoms with van der Waals surface area (Å²) in [5.74, 6) is 0. The van der Waals surface area contributed by atoms with E-state index in [0.717, 1.165) is 12.0 Å². The van der Waals surface area contributed by atoms with E-state index in [4.69, 9.17) is 0 Å². The molecule has 0 heterocycles. The van der Waals surface area contributed by atoms with Crippen LogP contribution in [0.3, 0.4) is 0 Å². The molecule has 0 aliphatic heterocycles. The Morgan fingerprint density at radius 3 is 1.38 bits per heavy atom. The number of fused-ring (bicyclic) bond motifs is 4. The van der Waals surface area contributed by atoms with Gasteiger partial charge in [0.2, 0.25) is 0 Å². The molecule has 0 N–H and O–H groups in total. The lowest BCUT2D eigenvalue weighted by atomic mass is 9.73. The van der Waals surface area contributed by atoms with Crippen LogP contribution in [0.4, 0.5) is 0 Å². The summed E-state index contributed by atoms with van der Waals surface area (Å²) in [7, 11) is 0. The van der Waals surface area contributed by atoms with Gasteiger partial charge in [-0.2, -0.15) is 0 Å². The van der Waals surface area contributed by atoms with Gasteiger partial charge in [-0.1, -0.05) is 176 Å². The second kappa shape index (κ2) is 14.8.